The number of hydrogen-bond donors (Lipinski definition) is 1. The number of nitrogens with one attached hydrogen (secondary N) is 1. The summed E-state index contributed by atoms with van der Waals surface area (Å²) in [7, 11) is 0. The van der Waals surface area contributed by atoms with Gasteiger partial charge in [-0.25, -0.2) is 0 Å². The third-order valence-electron chi connectivity index (χ3n) is 3.09. The Balaban J connectivity index is 2.65. The Kier molecular flexibility index (Phi) is 6.67. The molecule has 0 aliphatic rings. The summed E-state index contributed by atoms with van der Waals surface area (Å²) in [5.74, 6) is 1.64. The van der Waals surface area contributed by atoms with Crippen LogP contribution in [0.4, 0.5) is 0 Å². The zero-order chi connectivity index (χ0) is 14.4. The lowest BCUT2D eigenvalue weighted by atomic mass is 10.1. The maximum atomic E-state index is 6.14. The Hall–Kier alpha value is -0.730. The zero-order valence-electron chi connectivity index (χ0n) is 12.7. The second kappa shape index (κ2) is 7.76. The Labute approximate surface area is 122 Å². The predicted molar refractivity (Wildman–Crippen MR) is 83.3 cm³/mol. The van der Waals surface area contributed by atoms with Gasteiger partial charge in [0.1, 0.15) is 11.9 Å². The van der Waals surface area contributed by atoms with Crippen LogP contribution in [-0.4, -0.2) is 19.2 Å². The smallest absolute Gasteiger partial charge is 0.125 e. The third kappa shape index (κ3) is 5.42. The lowest BCUT2D eigenvalue weighted by Crippen LogP contribution is -2.33. The monoisotopic (exact) mass is 283 g/mol. The average Bonchev–Trinajstić information content (AvgIpc) is 2.30. The van der Waals surface area contributed by atoms with Gasteiger partial charge >= 0.3 is 0 Å². The summed E-state index contributed by atoms with van der Waals surface area (Å²) < 4.78 is 6.14. The van der Waals surface area contributed by atoms with Gasteiger partial charge in [-0.2, -0.15) is 0 Å². The van der Waals surface area contributed by atoms with E-state index in [1.54, 1.807) is 0 Å². The van der Waals surface area contributed by atoms with Crippen LogP contribution in [0.25, 0.3) is 0 Å². The van der Waals surface area contributed by atoms with Gasteiger partial charge in [-0.15, -0.1) is 0 Å². The first kappa shape index (κ1) is 16.3. The summed E-state index contributed by atoms with van der Waals surface area (Å²) in [6, 6.07) is 3.91. The fraction of sp³-hybridized carbons (Fsp3) is 0.625. The number of hydrogen-bond acceptors (Lipinski definition) is 2. The Bertz CT molecular complexity index is 381. The van der Waals surface area contributed by atoms with Crippen molar-refractivity contribution in [3.05, 3.63) is 28.3 Å². The molecule has 0 amide bonds. The first-order chi connectivity index (χ1) is 8.93. The minimum atomic E-state index is 0.206. The van der Waals surface area contributed by atoms with Gasteiger partial charge in [0, 0.05) is 11.6 Å². The average molecular weight is 284 g/mol. The van der Waals surface area contributed by atoms with Gasteiger partial charge in [0.05, 0.1) is 0 Å². The van der Waals surface area contributed by atoms with Gasteiger partial charge in [0.25, 0.3) is 0 Å². The van der Waals surface area contributed by atoms with Crippen LogP contribution in [0.5, 0.6) is 5.75 Å². The van der Waals surface area contributed by atoms with Crippen molar-refractivity contribution in [1.82, 2.24) is 5.32 Å². The SMILES string of the molecule is CCC(CNCC(C)C)Oc1c(C)cc(Cl)cc1C. The van der Waals surface area contributed by atoms with E-state index in [1.165, 1.54) is 0 Å². The molecule has 0 aliphatic heterocycles. The Morgan fingerprint density at radius 2 is 1.74 bits per heavy atom. The highest BCUT2D eigenvalue weighted by Crippen LogP contribution is 2.28. The minimum Gasteiger partial charge on any atom is -0.489 e. The molecule has 1 atom stereocenters. The van der Waals surface area contributed by atoms with Crippen molar-refractivity contribution in [2.75, 3.05) is 13.1 Å². The molecule has 0 fully saturated rings. The number of ether oxygens (including phenoxy) is 1. The molecule has 0 saturated heterocycles. The van der Waals surface area contributed by atoms with Crippen LogP contribution >= 0.6 is 11.6 Å². The highest BCUT2D eigenvalue weighted by Gasteiger charge is 2.12. The molecule has 1 aromatic rings. The highest BCUT2D eigenvalue weighted by molar-refractivity contribution is 6.30. The fourth-order valence-corrected chi connectivity index (χ4v) is 2.38. The molecule has 0 aromatic heterocycles. The maximum absolute atomic E-state index is 6.14. The molecule has 0 aliphatic carbocycles. The van der Waals surface area contributed by atoms with E-state index in [0.29, 0.717) is 5.92 Å². The molecule has 1 unspecified atom stereocenters. The van der Waals surface area contributed by atoms with Crippen molar-refractivity contribution in [1.29, 1.82) is 0 Å². The van der Waals surface area contributed by atoms with Gasteiger partial charge in [-0.1, -0.05) is 32.4 Å². The summed E-state index contributed by atoms with van der Waals surface area (Å²) in [5, 5.41) is 4.23. The van der Waals surface area contributed by atoms with E-state index in [9.17, 15) is 0 Å². The first-order valence-electron chi connectivity index (χ1n) is 7.08. The molecule has 0 saturated carbocycles. The van der Waals surface area contributed by atoms with Crippen LogP contribution in [0, 0.1) is 19.8 Å². The van der Waals surface area contributed by atoms with E-state index >= 15 is 0 Å². The molecule has 1 N–H and O–H groups in total. The number of rotatable bonds is 7. The second-order valence-electron chi connectivity index (χ2n) is 5.57. The van der Waals surface area contributed by atoms with Gasteiger partial charge in [0.2, 0.25) is 0 Å². The molecular formula is C16H26ClNO. The zero-order valence-corrected chi connectivity index (χ0v) is 13.5. The summed E-state index contributed by atoms with van der Waals surface area (Å²) in [4.78, 5) is 0. The quantitative estimate of drug-likeness (QED) is 0.803. The maximum Gasteiger partial charge on any atom is 0.125 e. The van der Waals surface area contributed by atoms with E-state index in [4.69, 9.17) is 16.3 Å². The molecular weight excluding hydrogens is 258 g/mol. The summed E-state index contributed by atoms with van der Waals surface area (Å²) >= 11 is 6.04. The van der Waals surface area contributed by atoms with Gasteiger partial charge in [0.15, 0.2) is 0 Å². The molecule has 2 nitrogen and oxygen atoms in total. The second-order valence-corrected chi connectivity index (χ2v) is 6.01. The lowest BCUT2D eigenvalue weighted by molar-refractivity contribution is 0.189. The van der Waals surface area contributed by atoms with Crippen LogP contribution in [0.1, 0.15) is 38.3 Å². The number of aryl methyl sites for hydroxylation is 2. The normalized spacial score (nSPS) is 12.8. The van der Waals surface area contributed by atoms with E-state index in [-0.39, 0.29) is 6.10 Å². The van der Waals surface area contributed by atoms with Crippen molar-refractivity contribution in [3.8, 4) is 5.75 Å². The van der Waals surface area contributed by atoms with Crippen LogP contribution in [0.3, 0.4) is 0 Å². The molecule has 19 heavy (non-hydrogen) atoms. The topological polar surface area (TPSA) is 21.3 Å². The van der Waals surface area contributed by atoms with Gasteiger partial charge in [-0.05, 0) is 56.0 Å². The summed E-state index contributed by atoms with van der Waals surface area (Å²) in [5.41, 5.74) is 2.21. The number of benzene rings is 1. The molecule has 0 bridgehead atoms. The lowest BCUT2D eigenvalue weighted by Gasteiger charge is -2.21. The van der Waals surface area contributed by atoms with Gasteiger partial charge in [-0.3, -0.25) is 0 Å². The van der Waals surface area contributed by atoms with Crippen molar-refractivity contribution < 1.29 is 4.74 Å². The van der Waals surface area contributed by atoms with Crippen LogP contribution in [-0.2, 0) is 0 Å². The molecule has 0 radical (unpaired) electrons. The molecule has 1 aromatic carbocycles. The van der Waals surface area contributed by atoms with Crippen molar-refractivity contribution in [3.63, 3.8) is 0 Å². The number of halogens is 1. The fourth-order valence-electron chi connectivity index (χ4n) is 2.05. The van der Waals surface area contributed by atoms with Crippen molar-refractivity contribution >= 4 is 11.6 Å². The van der Waals surface area contributed by atoms with E-state index in [2.05, 4.69) is 26.1 Å². The largest absolute Gasteiger partial charge is 0.489 e. The van der Waals surface area contributed by atoms with Crippen LogP contribution < -0.4 is 10.1 Å². The Morgan fingerprint density at radius 1 is 1.16 bits per heavy atom. The van der Waals surface area contributed by atoms with Crippen molar-refractivity contribution in [2.24, 2.45) is 5.92 Å². The third-order valence-corrected chi connectivity index (χ3v) is 3.31. The predicted octanol–water partition coefficient (Wildman–Crippen LogP) is 4.36. The Morgan fingerprint density at radius 3 is 2.21 bits per heavy atom. The van der Waals surface area contributed by atoms with E-state index < -0.39 is 0 Å². The van der Waals surface area contributed by atoms with E-state index in [1.807, 2.05) is 26.0 Å². The summed E-state index contributed by atoms with van der Waals surface area (Å²) in [6.07, 6.45) is 1.20. The minimum absolute atomic E-state index is 0.206. The van der Waals surface area contributed by atoms with Gasteiger partial charge < -0.3 is 10.1 Å². The summed E-state index contributed by atoms with van der Waals surface area (Å²) in [6.45, 7) is 12.6. The van der Waals surface area contributed by atoms with Crippen LogP contribution in [0.2, 0.25) is 5.02 Å². The molecule has 0 spiro atoms. The molecule has 0 heterocycles. The molecule has 1 rings (SSSR count). The molecule has 108 valence electrons. The highest BCUT2D eigenvalue weighted by atomic mass is 35.5. The van der Waals surface area contributed by atoms with Crippen LogP contribution in [0.15, 0.2) is 12.1 Å². The first-order valence-corrected chi connectivity index (χ1v) is 7.46. The van der Waals surface area contributed by atoms with E-state index in [0.717, 1.165) is 41.4 Å². The standard InChI is InChI=1S/C16H26ClNO/c1-6-15(10-18-9-11(2)3)19-16-12(4)7-14(17)8-13(16)5/h7-8,11,15,18H,6,9-10H2,1-5H3. The molecule has 3 heteroatoms. The van der Waals surface area contributed by atoms with Crippen molar-refractivity contribution in [2.45, 2.75) is 47.1 Å².